The third-order valence-electron chi connectivity index (χ3n) is 2.76. The normalized spacial score (nSPS) is 10.0. The molecule has 0 saturated heterocycles. The topological polar surface area (TPSA) is 67.2 Å². The van der Waals surface area contributed by atoms with Gasteiger partial charge in [0.05, 0.1) is 4.92 Å². The Hall–Kier alpha value is -2.54. The maximum atomic E-state index is 13.1. The van der Waals surface area contributed by atoms with Crippen LogP contribution < -0.4 is 10.6 Å². The molecule has 108 valence electrons. The molecule has 0 aliphatic heterocycles. The first-order chi connectivity index (χ1) is 9.95. The SMILES string of the molecule is Cc1ccc([N+](=O)[O-])cc1NC(=S)Nc1cccc(F)c1. The van der Waals surface area contributed by atoms with Crippen molar-refractivity contribution < 1.29 is 9.31 Å². The average Bonchev–Trinajstić information content (AvgIpc) is 2.41. The highest BCUT2D eigenvalue weighted by Crippen LogP contribution is 2.22. The van der Waals surface area contributed by atoms with Gasteiger partial charge in [0.15, 0.2) is 5.11 Å². The number of nitro benzene ring substituents is 1. The minimum atomic E-state index is -0.479. The van der Waals surface area contributed by atoms with E-state index in [0.717, 1.165) is 5.56 Å². The quantitative estimate of drug-likeness (QED) is 0.512. The van der Waals surface area contributed by atoms with Crippen LogP contribution in [0.25, 0.3) is 0 Å². The lowest BCUT2D eigenvalue weighted by molar-refractivity contribution is -0.384. The highest BCUT2D eigenvalue weighted by molar-refractivity contribution is 7.80. The van der Waals surface area contributed by atoms with Crippen molar-refractivity contribution >= 4 is 34.4 Å². The summed E-state index contributed by atoms with van der Waals surface area (Å²) in [6.45, 7) is 1.80. The van der Waals surface area contributed by atoms with Crippen molar-refractivity contribution in [3.63, 3.8) is 0 Å². The first-order valence-electron chi connectivity index (χ1n) is 6.04. The van der Waals surface area contributed by atoms with Crippen LogP contribution in [-0.4, -0.2) is 10.0 Å². The van der Waals surface area contributed by atoms with E-state index in [2.05, 4.69) is 10.6 Å². The van der Waals surface area contributed by atoms with Crippen LogP contribution in [0.2, 0.25) is 0 Å². The number of aryl methyl sites for hydroxylation is 1. The number of anilines is 2. The molecule has 2 aromatic carbocycles. The number of benzene rings is 2. The summed E-state index contributed by atoms with van der Waals surface area (Å²) in [5.41, 5.74) is 1.80. The summed E-state index contributed by atoms with van der Waals surface area (Å²) >= 11 is 5.12. The maximum Gasteiger partial charge on any atom is 0.271 e. The Kier molecular flexibility index (Phi) is 4.44. The fraction of sp³-hybridized carbons (Fsp3) is 0.0714. The van der Waals surface area contributed by atoms with E-state index in [1.807, 2.05) is 0 Å². The van der Waals surface area contributed by atoms with Crippen molar-refractivity contribution in [2.75, 3.05) is 10.6 Å². The van der Waals surface area contributed by atoms with Crippen LogP contribution in [0.1, 0.15) is 5.56 Å². The third kappa shape index (κ3) is 3.96. The standard InChI is InChI=1S/C14H12FN3O2S/c1-9-5-6-12(18(19)20)8-13(9)17-14(21)16-11-4-2-3-10(15)7-11/h2-8H,1H3,(H2,16,17,21). The van der Waals surface area contributed by atoms with E-state index in [1.165, 1.54) is 24.3 Å². The second-order valence-corrected chi connectivity index (χ2v) is 4.75. The van der Waals surface area contributed by atoms with Gasteiger partial charge >= 0.3 is 0 Å². The maximum absolute atomic E-state index is 13.1. The molecule has 7 heteroatoms. The molecule has 0 aliphatic carbocycles. The Bertz CT molecular complexity index is 706. The van der Waals surface area contributed by atoms with Gasteiger partial charge in [-0.3, -0.25) is 10.1 Å². The van der Waals surface area contributed by atoms with E-state index >= 15 is 0 Å². The van der Waals surface area contributed by atoms with Crippen LogP contribution in [0, 0.1) is 22.9 Å². The zero-order chi connectivity index (χ0) is 15.4. The fourth-order valence-electron chi connectivity index (χ4n) is 1.71. The Labute approximate surface area is 125 Å². The predicted octanol–water partition coefficient (Wildman–Crippen LogP) is 3.85. The molecule has 0 fully saturated rings. The molecule has 0 atom stereocenters. The van der Waals surface area contributed by atoms with Gasteiger partial charge in [0.1, 0.15) is 5.82 Å². The second kappa shape index (κ2) is 6.27. The van der Waals surface area contributed by atoms with Crippen molar-refractivity contribution in [3.8, 4) is 0 Å². The highest BCUT2D eigenvalue weighted by Gasteiger charge is 2.09. The number of nitrogens with one attached hydrogen (secondary N) is 2. The van der Waals surface area contributed by atoms with Crippen LogP contribution >= 0.6 is 12.2 Å². The summed E-state index contributed by atoms with van der Waals surface area (Å²) in [5, 5.41) is 16.7. The van der Waals surface area contributed by atoms with E-state index in [4.69, 9.17) is 12.2 Å². The molecule has 0 saturated carbocycles. The van der Waals surface area contributed by atoms with Crippen LogP contribution in [0.4, 0.5) is 21.5 Å². The van der Waals surface area contributed by atoms with Crippen LogP contribution in [0.15, 0.2) is 42.5 Å². The smallest absolute Gasteiger partial charge is 0.271 e. The Morgan fingerprint density at radius 1 is 1.24 bits per heavy atom. The van der Waals surface area contributed by atoms with Crippen molar-refractivity contribution in [1.29, 1.82) is 0 Å². The number of rotatable bonds is 3. The molecule has 2 N–H and O–H groups in total. The molecule has 0 heterocycles. The summed E-state index contributed by atoms with van der Waals surface area (Å²) in [5.74, 6) is -0.380. The number of non-ortho nitro benzene ring substituents is 1. The van der Waals surface area contributed by atoms with Gasteiger partial charge in [-0.25, -0.2) is 4.39 Å². The summed E-state index contributed by atoms with van der Waals surface area (Å²) in [6, 6.07) is 10.3. The molecule has 0 unspecified atom stereocenters. The molecule has 0 aromatic heterocycles. The Morgan fingerprint density at radius 2 is 2.00 bits per heavy atom. The van der Waals surface area contributed by atoms with Gasteiger partial charge in [-0.15, -0.1) is 0 Å². The van der Waals surface area contributed by atoms with E-state index in [9.17, 15) is 14.5 Å². The predicted molar refractivity (Wildman–Crippen MR) is 84.1 cm³/mol. The highest BCUT2D eigenvalue weighted by atomic mass is 32.1. The van der Waals surface area contributed by atoms with Gasteiger partial charge in [-0.2, -0.15) is 0 Å². The number of nitrogens with zero attached hydrogens (tertiary/aromatic N) is 1. The van der Waals surface area contributed by atoms with Crippen LogP contribution in [0.5, 0.6) is 0 Å². The summed E-state index contributed by atoms with van der Waals surface area (Å²) in [7, 11) is 0. The Balaban J connectivity index is 2.12. The average molecular weight is 305 g/mol. The third-order valence-corrected chi connectivity index (χ3v) is 2.97. The van der Waals surface area contributed by atoms with Crippen molar-refractivity contribution in [2.45, 2.75) is 6.92 Å². The molecule has 2 aromatic rings. The Morgan fingerprint density at radius 3 is 2.67 bits per heavy atom. The molecule has 0 radical (unpaired) electrons. The van der Waals surface area contributed by atoms with E-state index in [-0.39, 0.29) is 16.6 Å². The zero-order valence-corrected chi connectivity index (χ0v) is 11.9. The minimum Gasteiger partial charge on any atom is -0.332 e. The molecule has 0 amide bonds. The van der Waals surface area contributed by atoms with Crippen molar-refractivity contribution in [3.05, 3.63) is 64.0 Å². The van der Waals surface area contributed by atoms with E-state index in [0.29, 0.717) is 11.4 Å². The number of hydrogen-bond donors (Lipinski definition) is 2. The van der Waals surface area contributed by atoms with Gasteiger partial charge in [0, 0.05) is 23.5 Å². The minimum absolute atomic E-state index is 0.0309. The van der Waals surface area contributed by atoms with Gasteiger partial charge in [-0.05, 0) is 42.9 Å². The zero-order valence-electron chi connectivity index (χ0n) is 11.1. The van der Waals surface area contributed by atoms with Crippen molar-refractivity contribution in [2.24, 2.45) is 0 Å². The molecule has 5 nitrogen and oxygen atoms in total. The first-order valence-corrected chi connectivity index (χ1v) is 6.45. The molecule has 0 aliphatic rings. The molecule has 0 spiro atoms. The molecule has 2 rings (SSSR count). The van der Waals surface area contributed by atoms with Crippen LogP contribution in [-0.2, 0) is 0 Å². The van der Waals surface area contributed by atoms with Crippen LogP contribution in [0.3, 0.4) is 0 Å². The van der Waals surface area contributed by atoms with Gasteiger partial charge < -0.3 is 10.6 Å². The van der Waals surface area contributed by atoms with Gasteiger partial charge in [0.25, 0.3) is 5.69 Å². The lowest BCUT2D eigenvalue weighted by atomic mass is 10.2. The fourth-order valence-corrected chi connectivity index (χ4v) is 1.94. The monoisotopic (exact) mass is 305 g/mol. The lowest BCUT2D eigenvalue weighted by Crippen LogP contribution is -2.19. The number of halogens is 1. The number of hydrogen-bond acceptors (Lipinski definition) is 3. The van der Waals surface area contributed by atoms with E-state index in [1.54, 1.807) is 25.1 Å². The van der Waals surface area contributed by atoms with Gasteiger partial charge in [0.2, 0.25) is 0 Å². The summed E-state index contributed by atoms with van der Waals surface area (Å²) in [4.78, 5) is 10.3. The molecular weight excluding hydrogens is 293 g/mol. The number of nitro groups is 1. The molecule has 0 bridgehead atoms. The lowest BCUT2D eigenvalue weighted by Gasteiger charge is -2.12. The van der Waals surface area contributed by atoms with Crippen molar-refractivity contribution in [1.82, 2.24) is 0 Å². The second-order valence-electron chi connectivity index (χ2n) is 4.35. The van der Waals surface area contributed by atoms with E-state index < -0.39 is 4.92 Å². The first kappa shape index (κ1) is 14.9. The van der Waals surface area contributed by atoms with Gasteiger partial charge in [-0.1, -0.05) is 12.1 Å². The number of thiocarbonyl (C=S) groups is 1. The molecule has 21 heavy (non-hydrogen) atoms. The summed E-state index contributed by atoms with van der Waals surface area (Å²) in [6.07, 6.45) is 0. The molecular formula is C14H12FN3O2S. The summed E-state index contributed by atoms with van der Waals surface area (Å²) < 4.78 is 13.1. The largest absolute Gasteiger partial charge is 0.332 e.